The van der Waals surface area contributed by atoms with Crippen LogP contribution in [0.15, 0.2) is 54.6 Å². The number of anilines is 1. The molecule has 0 aliphatic heterocycles. The van der Waals surface area contributed by atoms with Crippen LogP contribution in [0.5, 0.6) is 0 Å². The molecule has 0 aliphatic rings. The number of hydrogen-bond acceptors (Lipinski definition) is 1. The second kappa shape index (κ2) is 6.42. The van der Waals surface area contributed by atoms with Gasteiger partial charge in [-0.05, 0) is 49.4 Å². The molecule has 0 aliphatic carbocycles. The van der Waals surface area contributed by atoms with Crippen molar-refractivity contribution in [3.05, 3.63) is 65.7 Å². The van der Waals surface area contributed by atoms with Crippen LogP contribution in [0, 0.1) is 12.8 Å². The van der Waals surface area contributed by atoms with Crippen LogP contribution in [0.1, 0.15) is 25.0 Å². The van der Waals surface area contributed by atoms with Gasteiger partial charge in [0.2, 0.25) is 0 Å². The monoisotopic (exact) mass is 253 g/mol. The van der Waals surface area contributed by atoms with Gasteiger partial charge >= 0.3 is 0 Å². The molecule has 2 atom stereocenters. The van der Waals surface area contributed by atoms with Gasteiger partial charge in [-0.15, -0.1) is 0 Å². The predicted octanol–water partition coefficient (Wildman–Crippen LogP) is 4.67. The largest absolute Gasteiger partial charge is 0.382 e. The molecule has 2 unspecified atom stereocenters. The Labute approximate surface area is 116 Å². The molecular weight excluding hydrogens is 230 g/mol. The van der Waals surface area contributed by atoms with E-state index in [1.165, 1.54) is 16.8 Å². The molecule has 2 rings (SSSR count). The molecule has 0 bridgehead atoms. The summed E-state index contributed by atoms with van der Waals surface area (Å²) in [5, 5.41) is 3.58. The molecule has 0 fully saturated rings. The van der Waals surface area contributed by atoms with E-state index in [0.29, 0.717) is 12.0 Å². The Bertz CT molecular complexity index is 504. The molecule has 0 aromatic heterocycles. The fourth-order valence-electron chi connectivity index (χ4n) is 2.30. The normalized spacial score (nSPS) is 13.8. The zero-order valence-corrected chi connectivity index (χ0v) is 12.1. The molecule has 0 saturated carbocycles. The molecule has 0 radical (unpaired) electrons. The zero-order valence-electron chi connectivity index (χ0n) is 12.1. The van der Waals surface area contributed by atoms with Crippen molar-refractivity contribution in [1.29, 1.82) is 0 Å². The standard InChI is InChI=1S/C18H23N/c1-14-9-7-8-10-17(14)13-15(2)16(3)19-18-11-5-4-6-12-18/h4-12,15-16,19H,13H2,1-3H3. The van der Waals surface area contributed by atoms with Crippen LogP contribution in [-0.2, 0) is 6.42 Å². The third-order valence-corrected chi connectivity index (χ3v) is 3.82. The molecule has 0 spiro atoms. The topological polar surface area (TPSA) is 12.0 Å². The maximum atomic E-state index is 3.58. The smallest absolute Gasteiger partial charge is 0.0342 e. The Kier molecular flexibility index (Phi) is 4.62. The summed E-state index contributed by atoms with van der Waals surface area (Å²) < 4.78 is 0. The summed E-state index contributed by atoms with van der Waals surface area (Å²) in [5.41, 5.74) is 4.05. The van der Waals surface area contributed by atoms with E-state index in [0.717, 1.165) is 6.42 Å². The van der Waals surface area contributed by atoms with E-state index >= 15 is 0 Å². The second-order valence-electron chi connectivity index (χ2n) is 5.41. The van der Waals surface area contributed by atoms with E-state index in [4.69, 9.17) is 0 Å². The summed E-state index contributed by atoms with van der Waals surface area (Å²) in [7, 11) is 0. The van der Waals surface area contributed by atoms with Crippen molar-refractivity contribution in [2.45, 2.75) is 33.2 Å². The van der Waals surface area contributed by atoms with Gasteiger partial charge in [0, 0.05) is 11.7 Å². The van der Waals surface area contributed by atoms with Crippen LogP contribution in [0.2, 0.25) is 0 Å². The first-order chi connectivity index (χ1) is 9.16. The van der Waals surface area contributed by atoms with Gasteiger partial charge in [-0.2, -0.15) is 0 Å². The predicted molar refractivity (Wildman–Crippen MR) is 83.6 cm³/mol. The van der Waals surface area contributed by atoms with Crippen LogP contribution in [0.4, 0.5) is 5.69 Å². The van der Waals surface area contributed by atoms with E-state index in [1.54, 1.807) is 0 Å². The molecule has 0 heterocycles. The maximum Gasteiger partial charge on any atom is 0.0342 e. The molecular formula is C18H23N. The van der Waals surface area contributed by atoms with Gasteiger partial charge in [0.1, 0.15) is 0 Å². The average Bonchev–Trinajstić information content (AvgIpc) is 2.42. The summed E-state index contributed by atoms with van der Waals surface area (Å²) in [5.74, 6) is 0.598. The third-order valence-electron chi connectivity index (χ3n) is 3.82. The summed E-state index contributed by atoms with van der Waals surface area (Å²) in [6.45, 7) is 6.76. The van der Waals surface area contributed by atoms with Gasteiger partial charge < -0.3 is 5.32 Å². The number of nitrogens with one attached hydrogen (secondary N) is 1. The lowest BCUT2D eigenvalue weighted by Crippen LogP contribution is -2.25. The molecule has 2 aromatic carbocycles. The molecule has 19 heavy (non-hydrogen) atoms. The maximum absolute atomic E-state index is 3.58. The summed E-state index contributed by atoms with van der Waals surface area (Å²) in [6.07, 6.45) is 1.12. The van der Waals surface area contributed by atoms with Crippen molar-refractivity contribution >= 4 is 5.69 Å². The Morgan fingerprint density at radius 1 is 0.895 bits per heavy atom. The molecule has 2 aromatic rings. The highest BCUT2D eigenvalue weighted by Gasteiger charge is 2.13. The van der Waals surface area contributed by atoms with Crippen LogP contribution >= 0.6 is 0 Å². The average molecular weight is 253 g/mol. The van der Waals surface area contributed by atoms with Crippen LogP contribution < -0.4 is 5.32 Å². The lowest BCUT2D eigenvalue weighted by molar-refractivity contribution is 0.506. The number of aryl methyl sites for hydroxylation is 1. The van der Waals surface area contributed by atoms with Crippen molar-refractivity contribution in [1.82, 2.24) is 0 Å². The van der Waals surface area contributed by atoms with Crippen molar-refractivity contribution in [3.8, 4) is 0 Å². The van der Waals surface area contributed by atoms with E-state index in [1.807, 2.05) is 6.07 Å². The molecule has 0 amide bonds. The molecule has 0 saturated heterocycles. The second-order valence-corrected chi connectivity index (χ2v) is 5.41. The van der Waals surface area contributed by atoms with Crippen molar-refractivity contribution in [3.63, 3.8) is 0 Å². The van der Waals surface area contributed by atoms with Crippen molar-refractivity contribution < 1.29 is 0 Å². The van der Waals surface area contributed by atoms with Gasteiger partial charge in [0.05, 0.1) is 0 Å². The highest BCUT2D eigenvalue weighted by atomic mass is 14.9. The molecule has 1 nitrogen and oxygen atoms in total. The quantitative estimate of drug-likeness (QED) is 0.816. The minimum Gasteiger partial charge on any atom is -0.382 e. The molecule has 1 N–H and O–H groups in total. The summed E-state index contributed by atoms with van der Waals surface area (Å²) in [4.78, 5) is 0. The Balaban J connectivity index is 1.96. The minimum atomic E-state index is 0.460. The Morgan fingerprint density at radius 2 is 1.53 bits per heavy atom. The summed E-state index contributed by atoms with van der Waals surface area (Å²) >= 11 is 0. The van der Waals surface area contributed by atoms with E-state index in [9.17, 15) is 0 Å². The number of para-hydroxylation sites is 1. The van der Waals surface area contributed by atoms with Gasteiger partial charge in [-0.1, -0.05) is 49.4 Å². The third kappa shape index (κ3) is 3.85. The van der Waals surface area contributed by atoms with Crippen LogP contribution in [0.25, 0.3) is 0 Å². The summed E-state index contributed by atoms with van der Waals surface area (Å²) in [6, 6.07) is 19.6. The van der Waals surface area contributed by atoms with E-state index in [-0.39, 0.29) is 0 Å². The number of rotatable bonds is 5. The fraction of sp³-hybridized carbons (Fsp3) is 0.333. The first kappa shape index (κ1) is 13.7. The Morgan fingerprint density at radius 3 is 2.21 bits per heavy atom. The fourth-order valence-corrected chi connectivity index (χ4v) is 2.30. The molecule has 1 heteroatoms. The molecule has 100 valence electrons. The van der Waals surface area contributed by atoms with Gasteiger partial charge in [0.15, 0.2) is 0 Å². The van der Waals surface area contributed by atoms with Gasteiger partial charge in [-0.3, -0.25) is 0 Å². The first-order valence-corrected chi connectivity index (χ1v) is 7.03. The van der Waals surface area contributed by atoms with Crippen LogP contribution in [0.3, 0.4) is 0 Å². The minimum absolute atomic E-state index is 0.460. The SMILES string of the molecule is Cc1ccccc1CC(C)C(C)Nc1ccccc1. The highest BCUT2D eigenvalue weighted by Crippen LogP contribution is 2.18. The lowest BCUT2D eigenvalue weighted by Gasteiger charge is -2.23. The highest BCUT2D eigenvalue weighted by molar-refractivity contribution is 5.43. The van der Waals surface area contributed by atoms with Crippen molar-refractivity contribution in [2.75, 3.05) is 5.32 Å². The number of hydrogen-bond donors (Lipinski definition) is 1. The van der Waals surface area contributed by atoms with Gasteiger partial charge in [0.25, 0.3) is 0 Å². The van der Waals surface area contributed by atoms with Gasteiger partial charge in [-0.25, -0.2) is 0 Å². The first-order valence-electron chi connectivity index (χ1n) is 7.03. The van der Waals surface area contributed by atoms with Crippen molar-refractivity contribution in [2.24, 2.45) is 5.92 Å². The van der Waals surface area contributed by atoms with Crippen LogP contribution in [-0.4, -0.2) is 6.04 Å². The zero-order chi connectivity index (χ0) is 13.7. The number of benzene rings is 2. The van der Waals surface area contributed by atoms with E-state index < -0.39 is 0 Å². The Hall–Kier alpha value is -1.76. The lowest BCUT2D eigenvalue weighted by atomic mass is 9.92. The van der Waals surface area contributed by atoms with E-state index in [2.05, 4.69) is 74.6 Å².